The second kappa shape index (κ2) is 4.52. The Balaban J connectivity index is 1.61. The van der Waals surface area contributed by atoms with Gasteiger partial charge in [-0.3, -0.25) is 4.79 Å². The van der Waals surface area contributed by atoms with Crippen molar-refractivity contribution in [2.45, 2.75) is 32.6 Å². The highest BCUT2D eigenvalue weighted by Crippen LogP contribution is 2.54. The SMILES string of the molecule is CC(CCO)CNC(=O)C1CC1C1CC1. The molecule has 2 saturated carbocycles. The van der Waals surface area contributed by atoms with Crippen molar-refractivity contribution in [2.24, 2.45) is 23.7 Å². The van der Waals surface area contributed by atoms with Crippen LogP contribution >= 0.6 is 0 Å². The third kappa shape index (κ3) is 2.94. The molecule has 2 aliphatic rings. The van der Waals surface area contributed by atoms with Crippen LogP contribution in [-0.4, -0.2) is 24.2 Å². The fourth-order valence-electron chi connectivity index (χ4n) is 2.29. The van der Waals surface area contributed by atoms with E-state index in [0.29, 0.717) is 24.3 Å². The van der Waals surface area contributed by atoms with Crippen LogP contribution in [0.3, 0.4) is 0 Å². The van der Waals surface area contributed by atoms with Crippen LogP contribution < -0.4 is 5.32 Å². The van der Waals surface area contributed by atoms with E-state index >= 15 is 0 Å². The molecule has 2 rings (SSSR count). The van der Waals surface area contributed by atoms with E-state index in [9.17, 15) is 4.79 Å². The van der Waals surface area contributed by atoms with Gasteiger partial charge >= 0.3 is 0 Å². The molecule has 0 heterocycles. The number of carbonyl (C=O) groups excluding carboxylic acids is 1. The summed E-state index contributed by atoms with van der Waals surface area (Å²) in [5, 5.41) is 11.7. The lowest BCUT2D eigenvalue weighted by atomic mass is 10.1. The zero-order chi connectivity index (χ0) is 10.8. The number of hydrogen-bond acceptors (Lipinski definition) is 2. The van der Waals surface area contributed by atoms with Gasteiger partial charge in [0.1, 0.15) is 0 Å². The van der Waals surface area contributed by atoms with Gasteiger partial charge in [-0.2, -0.15) is 0 Å². The van der Waals surface area contributed by atoms with Crippen LogP contribution in [-0.2, 0) is 4.79 Å². The molecule has 2 N–H and O–H groups in total. The first-order chi connectivity index (χ1) is 7.22. The highest BCUT2D eigenvalue weighted by molar-refractivity contribution is 5.81. The molecule has 3 heteroatoms. The van der Waals surface area contributed by atoms with Gasteiger partial charge in [0.25, 0.3) is 0 Å². The normalized spacial score (nSPS) is 31.1. The van der Waals surface area contributed by atoms with Crippen molar-refractivity contribution >= 4 is 5.91 Å². The smallest absolute Gasteiger partial charge is 0.223 e. The number of nitrogens with one attached hydrogen (secondary N) is 1. The van der Waals surface area contributed by atoms with Gasteiger partial charge < -0.3 is 10.4 Å². The second-order valence-corrected chi connectivity index (χ2v) is 5.21. The maximum atomic E-state index is 11.7. The third-order valence-electron chi connectivity index (χ3n) is 3.65. The number of rotatable bonds is 6. The predicted octanol–water partition coefficient (Wildman–Crippen LogP) is 1.17. The first-order valence-electron chi connectivity index (χ1n) is 6.11. The van der Waals surface area contributed by atoms with E-state index < -0.39 is 0 Å². The molecule has 0 spiro atoms. The van der Waals surface area contributed by atoms with Gasteiger partial charge in [-0.25, -0.2) is 0 Å². The summed E-state index contributed by atoms with van der Waals surface area (Å²) < 4.78 is 0. The molecule has 0 bridgehead atoms. The summed E-state index contributed by atoms with van der Waals surface area (Å²) in [7, 11) is 0. The van der Waals surface area contributed by atoms with E-state index in [1.165, 1.54) is 12.8 Å². The Kier molecular flexibility index (Phi) is 3.29. The molecule has 0 aromatic carbocycles. The molecule has 3 unspecified atom stereocenters. The molecule has 0 aliphatic heterocycles. The van der Waals surface area contributed by atoms with Crippen molar-refractivity contribution in [1.29, 1.82) is 0 Å². The molecular weight excluding hydrogens is 190 g/mol. The second-order valence-electron chi connectivity index (χ2n) is 5.21. The highest BCUT2D eigenvalue weighted by atomic mass is 16.3. The van der Waals surface area contributed by atoms with Gasteiger partial charge in [0.05, 0.1) is 0 Å². The van der Waals surface area contributed by atoms with Crippen LogP contribution in [0.4, 0.5) is 0 Å². The quantitative estimate of drug-likeness (QED) is 0.693. The third-order valence-corrected chi connectivity index (χ3v) is 3.65. The van der Waals surface area contributed by atoms with Gasteiger partial charge in [-0.15, -0.1) is 0 Å². The Morgan fingerprint density at radius 1 is 1.53 bits per heavy atom. The number of hydrogen-bond donors (Lipinski definition) is 2. The molecular formula is C12H21NO2. The van der Waals surface area contributed by atoms with Crippen molar-refractivity contribution in [3.05, 3.63) is 0 Å². The molecule has 2 aliphatic carbocycles. The van der Waals surface area contributed by atoms with Crippen LogP contribution in [0.2, 0.25) is 0 Å². The van der Waals surface area contributed by atoms with Crippen LogP contribution in [0.5, 0.6) is 0 Å². The first-order valence-corrected chi connectivity index (χ1v) is 6.11. The van der Waals surface area contributed by atoms with Crippen LogP contribution in [0.25, 0.3) is 0 Å². The van der Waals surface area contributed by atoms with Gasteiger partial charge in [0, 0.05) is 19.1 Å². The Bertz CT molecular complexity index is 238. The van der Waals surface area contributed by atoms with Crippen LogP contribution in [0.1, 0.15) is 32.6 Å². The average molecular weight is 211 g/mol. The maximum absolute atomic E-state index is 11.7. The average Bonchev–Trinajstić information content (AvgIpc) is 3.02. The summed E-state index contributed by atoms with van der Waals surface area (Å²) in [6, 6.07) is 0. The molecule has 1 amide bonds. The minimum absolute atomic E-state index is 0.213. The summed E-state index contributed by atoms with van der Waals surface area (Å²) in [6.07, 6.45) is 4.58. The number of amides is 1. The van der Waals surface area contributed by atoms with E-state index in [1.54, 1.807) is 0 Å². The van der Waals surface area contributed by atoms with Gasteiger partial charge in [0.2, 0.25) is 5.91 Å². The van der Waals surface area contributed by atoms with Crippen molar-refractivity contribution in [2.75, 3.05) is 13.2 Å². The minimum Gasteiger partial charge on any atom is -0.396 e. The fourth-order valence-corrected chi connectivity index (χ4v) is 2.29. The zero-order valence-electron chi connectivity index (χ0n) is 9.41. The largest absolute Gasteiger partial charge is 0.396 e. The van der Waals surface area contributed by atoms with Crippen molar-refractivity contribution in [3.63, 3.8) is 0 Å². The molecule has 0 saturated heterocycles. The standard InChI is InChI=1S/C12H21NO2/c1-8(4-5-14)7-13-12(15)11-6-10(11)9-2-3-9/h8-11,14H,2-7H2,1H3,(H,13,15). The minimum atomic E-state index is 0.213. The van der Waals surface area contributed by atoms with Crippen molar-refractivity contribution < 1.29 is 9.90 Å². The molecule has 15 heavy (non-hydrogen) atoms. The Morgan fingerprint density at radius 3 is 2.87 bits per heavy atom. The first kappa shape index (κ1) is 10.9. The van der Waals surface area contributed by atoms with E-state index in [1.807, 2.05) is 0 Å². The maximum Gasteiger partial charge on any atom is 0.223 e. The predicted molar refractivity (Wildman–Crippen MR) is 58.2 cm³/mol. The van der Waals surface area contributed by atoms with Gasteiger partial charge in [0.15, 0.2) is 0 Å². The lowest BCUT2D eigenvalue weighted by molar-refractivity contribution is -0.122. The molecule has 86 valence electrons. The zero-order valence-corrected chi connectivity index (χ0v) is 9.41. The Labute approximate surface area is 91.2 Å². The molecule has 0 radical (unpaired) electrons. The van der Waals surface area contributed by atoms with E-state index in [0.717, 1.165) is 18.8 Å². The molecule has 3 nitrogen and oxygen atoms in total. The van der Waals surface area contributed by atoms with Crippen molar-refractivity contribution in [1.82, 2.24) is 5.32 Å². The summed E-state index contributed by atoms with van der Waals surface area (Å²) >= 11 is 0. The van der Waals surface area contributed by atoms with E-state index in [4.69, 9.17) is 5.11 Å². The van der Waals surface area contributed by atoms with Crippen LogP contribution in [0, 0.1) is 23.7 Å². The summed E-state index contributed by atoms with van der Waals surface area (Å²) in [5.74, 6) is 2.53. The lowest BCUT2D eigenvalue weighted by Crippen LogP contribution is -2.30. The highest BCUT2D eigenvalue weighted by Gasteiger charge is 2.50. The lowest BCUT2D eigenvalue weighted by Gasteiger charge is -2.10. The number of carbonyl (C=O) groups is 1. The molecule has 0 aromatic rings. The molecule has 0 aromatic heterocycles. The van der Waals surface area contributed by atoms with Gasteiger partial charge in [-0.05, 0) is 43.4 Å². The van der Waals surface area contributed by atoms with Gasteiger partial charge in [-0.1, -0.05) is 6.92 Å². The summed E-state index contributed by atoms with van der Waals surface area (Å²) in [4.78, 5) is 11.7. The Morgan fingerprint density at radius 2 is 2.27 bits per heavy atom. The monoisotopic (exact) mass is 211 g/mol. The summed E-state index contributed by atoms with van der Waals surface area (Å²) in [5.41, 5.74) is 0. The summed E-state index contributed by atoms with van der Waals surface area (Å²) in [6.45, 7) is 2.99. The topological polar surface area (TPSA) is 49.3 Å². The molecule has 3 atom stereocenters. The Hall–Kier alpha value is -0.570. The van der Waals surface area contributed by atoms with E-state index in [2.05, 4.69) is 12.2 Å². The van der Waals surface area contributed by atoms with E-state index in [-0.39, 0.29) is 12.5 Å². The molecule has 2 fully saturated rings. The van der Waals surface area contributed by atoms with Crippen molar-refractivity contribution in [3.8, 4) is 0 Å². The van der Waals surface area contributed by atoms with Crippen LogP contribution in [0.15, 0.2) is 0 Å². The number of aliphatic hydroxyl groups is 1. The number of aliphatic hydroxyl groups excluding tert-OH is 1. The fraction of sp³-hybridized carbons (Fsp3) is 0.917.